The van der Waals surface area contributed by atoms with Crippen LogP contribution in [-0.4, -0.2) is 67.1 Å². The molecule has 2 rings (SSSR count). The summed E-state index contributed by atoms with van der Waals surface area (Å²) in [6.07, 6.45) is 4.33. The fourth-order valence-electron chi connectivity index (χ4n) is 1.71. The number of aliphatic hydroxyl groups excluding tert-OH is 2. The Bertz CT molecular complexity index is 535. The van der Waals surface area contributed by atoms with Crippen molar-refractivity contribution in [3.8, 4) is 5.82 Å². The lowest BCUT2D eigenvalue weighted by Gasteiger charge is -2.20. The number of aliphatic hydroxyl groups is 2. The average molecular weight is 277 g/mol. The molecule has 0 spiro atoms. The molecule has 0 aliphatic heterocycles. The Morgan fingerprint density at radius 2 is 2.00 bits per heavy atom. The fraction of sp³-hybridized carbons (Fsp3) is 0.333. The molecule has 0 aliphatic carbocycles. The van der Waals surface area contributed by atoms with Crippen molar-refractivity contribution in [3.05, 3.63) is 36.5 Å². The second-order valence-electron chi connectivity index (χ2n) is 3.98. The van der Waals surface area contributed by atoms with Gasteiger partial charge < -0.3 is 15.1 Å². The molecule has 0 saturated heterocycles. The minimum absolute atomic E-state index is 0.157. The normalized spacial score (nSPS) is 10.5. The summed E-state index contributed by atoms with van der Waals surface area (Å²) in [6.45, 7) is 0.0286. The highest BCUT2D eigenvalue weighted by Gasteiger charge is 2.15. The van der Waals surface area contributed by atoms with E-state index in [0.29, 0.717) is 11.4 Å². The first kappa shape index (κ1) is 14.1. The second kappa shape index (κ2) is 6.73. The van der Waals surface area contributed by atoms with E-state index in [1.807, 2.05) is 0 Å². The first-order chi connectivity index (χ1) is 9.76. The predicted octanol–water partition coefficient (Wildman–Crippen LogP) is -0.911. The number of carbonyl (C=O) groups is 1. The maximum atomic E-state index is 12.2. The molecule has 106 valence electrons. The molecular weight excluding hydrogens is 262 g/mol. The number of rotatable bonds is 6. The predicted molar refractivity (Wildman–Crippen MR) is 69.2 cm³/mol. The SMILES string of the molecule is O=C(c1ccc(-n2cncn2)nc1)N(CCO)CCO. The molecule has 20 heavy (non-hydrogen) atoms. The smallest absolute Gasteiger partial charge is 0.255 e. The van der Waals surface area contributed by atoms with E-state index in [-0.39, 0.29) is 32.2 Å². The Morgan fingerprint density at radius 1 is 1.25 bits per heavy atom. The zero-order valence-corrected chi connectivity index (χ0v) is 10.8. The van der Waals surface area contributed by atoms with Crippen LogP contribution in [0.4, 0.5) is 0 Å². The molecule has 0 atom stereocenters. The molecule has 0 unspecified atom stereocenters. The van der Waals surface area contributed by atoms with E-state index in [0.717, 1.165) is 0 Å². The van der Waals surface area contributed by atoms with Gasteiger partial charge in [0.25, 0.3) is 5.91 Å². The molecule has 2 heterocycles. The van der Waals surface area contributed by atoms with Crippen LogP contribution in [0.25, 0.3) is 5.82 Å². The van der Waals surface area contributed by atoms with Gasteiger partial charge in [-0.1, -0.05) is 0 Å². The number of nitrogens with zero attached hydrogens (tertiary/aromatic N) is 5. The van der Waals surface area contributed by atoms with E-state index in [9.17, 15) is 4.79 Å². The second-order valence-corrected chi connectivity index (χ2v) is 3.98. The average Bonchev–Trinajstić information content (AvgIpc) is 3.01. The molecule has 0 bridgehead atoms. The van der Waals surface area contributed by atoms with Crippen molar-refractivity contribution in [2.75, 3.05) is 26.3 Å². The van der Waals surface area contributed by atoms with Gasteiger partial charge in [0.15, 0.2) is 5.82 Å². The molecule has 0 saturated carbocycles. The van der Waals surface area contributed by atoms with Gasteiger partial charge >= 0.3 is 0 Å². The fourth-order valence-corrected chi connectivity index (χ4v) is 1.71. The van der Waals surface area contributed by atoms with Crippen LogP contribution in [0.1, 0.15) is 10.4 Å². The maximum Gasteiger partial charge on any atom is 0.255 e. The van der Waals surface area contributed by atoms with Crippen LogP contribution >= 0.6 is 0 Å². The van der Waals surface area contributed by atoms with Gasteiger partial charge in [0.1, 0.15) is 12.7 Å². The Labute approximate surface area is 115 Å². The molecule has 0 aliphatic rings. The van der Waals surface area contributed by atoms with Crippen molar-refractivity contribution in [3.63, 3.8) is 0 Å². The van der Waals surface area contributed by atoms with E-state index in [1.165, 1.54) is 28.4 Å². The third-order valence-electron chi connectivity index (χ3n) is 2.68. The molecule has 0 aromatic carbocycles. The minimum atomic E-state index is -0.286. The monoisotopic (exact) mass is 277 g/mol. The zero-order chi connectivity index (χ0) is 14.4. The van der Waals surface area contributed by atoms with Crippen molar-refractivity contribution in [2.24, 2.45) is 0 Å². The lowest BCUT2D eigenvalue weighted by Crippen LogP contribution is -2.35. The molecule has 2 aromatic rings. The van der Waals surface area contributed by atoms with Crippen LogP contribution in [-0.2, 0) is 0 Å². The first-order valence-corrected chi connectivity index (χ1v) is 6.08. The van der Waals surface area contributed by atoms with E-state index < -0.39 is 0 Å². The first-order valence-electron chi connectivity index (χ1n) is 6.08. The molecule has 8 nitrogen and oxygen atoms in total. The van der Waals surface area contributed by atoms with Gasteiger partial charge in [0.2, 0.25) is 0 Å². The Balaban J connectivity index is 2.14. The maximum absolute atomic E-state index is 12.2. The largest absolute Gasteiger partial charge is 0.395 e. The van der Waals surface area contributed by atoms with Crippen molar-refractivity contribution in [1.29, 1.82) is 0 Å². The van der Waals surface area contributed by atoms with E-state index in [2.05, 4.69) is 15.1 Å². The third-order valence-corrected chi connectivity index (χ3v) is 2.68. The van der Waals surface area contributed by atoms with Gasteiger partial charge in [-0.25, -0.2) is 14.6 Å². The van der Waals surface area contributed by atoms with Gasteiger partial charge in [-0.15, -0.1) is 0 Å². The van der Waals surface area contributed by atoms with Crippen molar-refractivity contribution in [1.82, 2.24) is 24.6 Å². The van der Waals surface area contributed by atoms with Gasteiger partial charge in [-0.05, 0) is 12.1 Å². The van der Waals surface area contributed by atoms with E-state index >= 15 is 0 Å². The van der Waals surface area contributed by atoms with Gasteiger partial charge in [0, 0.05) is 19.3 Å². The highest BCUT2D eigenvalue weighted by atomic mass is 16.3. The van der Waals surface area contributed by atoms with E-state index in [1.54, 1.807) is 12.1 Å². The molecule has 1 amide bonds. The number of carbonyl (C=O) groups excluding carboxylic acids is 1. The Hall–Kier alpha value is -2.32. The minimum Gasteiger partial charge on any atom is -0.395 e. The Kier molecular flexibility index (Phi) is 4.75. The summed E-state index contributed by atoms with van der Waals surface area (Å²) >= 11 is 0. The van der Waals surface area contributed by atoms with Crippen LogP contribution in [0.15, 0.2) is 31.0 Å². The van der Waals surface area contributed by atoms with Crippen molar-refractivity contribution >= 4 is 5.91 Å². The standard InChI is InChI=1S/C12H15N5O3/c18-5-3-16(4-6-19)12(20)10-1-2-11(14-7-10)17-9-13-8-15-17/h1-2,7-9,18-19H,3-6H2. The number of pyridine rings is 1. The number of amides is 1. The quantitative estimate of drug-likeness (QED) is 0.708. The Morgan fingerprint density at radius 3 is 2.50 bits per heavy atom. The van der Waals surface area contributed by atoms with Crippen LogP contribution in [0.3, 0.4) is 0 Å². The summed E-state index contributed by atoms with van der Waals surface area (Å²) in [5, 5.41) is 21.8. The summed E-state index contributed by atoms with van der Waals surface area (Å²) in [5.74, 6) is 0.264. The summed E-state index contributed by atoms with van der Waals surface area (Å²) in [7, 11) is 0. The number of hydrogen-bond donors (Lipinski definition) is 2. The highest BCUT2D eigenvalue weighted by molar-refractivity contribution is 5.94. The third kappa shape index (κ3) is 3.16. The zero-order valence-electron chi connectivity index (χ0n) is 10.8. The summed E-state index contributed by atoms with van der Waals surface area (Å²) in [5.41, 5.74) is 0.385. The topological polar surface area (TPSA) is 104 Å². The molecular formula is C12H15N5O3. The number of aromatic nitrogens is 4. The summed E-state index contributed by atoms with van der Waals surface area (Å²) in [4.78, 5) is 21.5. The van der Waals surface area contributed by atoms with Crippen LogP contribution in [0.2, 0.25) is 0 Å². The van der Waals surface area contributed by atoms with Gasteiger partial charge in [-0.3, -0.25) is 4.79 Å². The summed E-state index contributed by atoms with van der Waals surface area (Å²) < 4.78 is 1.48. The van der Waals surface area contributed by atoms with Crippen LogP contribution in [0, 0.1) is 0 Å². The lowest BCUT2D eigenvalue weighted by molar-refractivity contribution is 0.0684. The summed E-state index contributed by atoms with van der Waals surface area (Å²) in [6, 6.07) is 3.27. The van der Waals surface area contributed by atoms with Crippen molar-refractivity contribution < 1.29 is 15.0 Å². The van der Waals surface area contributed by atoms with Gasteiger partial charge in [-0.2, -0.15) is 5.10 Å². The van der Waals surface area contributed by atoms with Gasteiger partial charge in [0.05, 0.1) is 18.8 Å². The molecule has 2 N–H and O–H groups in total. The van der Waals surface area contributed by atoms with E-state index in [4.69, 9.17) is 10.2 Å². The molecule has 0 radical (unpaired) electrons. The van der Waals surface area contributed by atoms with Crippen LogP contribution < -0.4 is 0 Å². The van der Waals surface area contributed by atoms with Crippen molar-refractivity contribution in [2.45, 2.75) is 0 Å². The highest BCUT2D eigenvalue weighted by Crippen LogP contribution is 2.07. The molecule has 8 heteroatoms. The lowest BCUT2D eigenvalue weighted by atomic mass is 10.2. The number of hydrogen-bond acceptors (Lipinski definition) is 6. The molecule has 0 fully saturated rings. The van der Waals surface area contributed by atoms with Crippen LogP contribution in [0.5, 0.6) is 0 Å². The molecule has 2 aromatic heterocycles.